The molecule has 6 heteroatoms. The highest BCUT2D eigenvalue weighted by atomic mass is 16.4. The summed E-state index contributed by atoms with van der Waals surface area (Å²) in [5.41, 5.74) is 0. The molecule has 0 rings (SSSR count). The summed E-state index contributed by atoms with van der Waals surface area (Å²) in [5.74, 6) is -1.20. The van der Waals surface area contributed by atoms with Crippen LogP contribution in [0, 0.1) is 0 Å². The topological polar surface area (TPSA) is 115 Å². The fourth-order valence-corrected chi connectivity index (χ4v) is 4.81. The van der Waals surface area contributed by atoms with Crippen LogP contribution in [0.4, 0.5) is 0 Å². The molecule has 0 bridgehead atoms. The van der Waals surface area contributed by atoms with Crippen LogP contribution in [0.25, 0.3) is 0 Å². The van der Waals surface area contributed by atoms with Crippen LogP contribution in [-0.2, 0) is 9.59 Å². The van der Waals surface area contributed by atoms with Crippen LogP contribution in [0.15, 0.2) is 12.2 Å². The van der Waals surface area contributed by atoms with Crippen LogP contribution < -0.4 is 0 Å². The first-order valence-corrected chi connectivity index (χ1v) is 17.3. The summed E-state index contributed by atoms with van der Waals surface area (Å²) >= 11 is 0. The second kappa shape index (κ2) is 35.0. The molecule has 0 heterocycles. The summed E-state index contributed by atoms with van der Waals surface area (Å²) in [7, 11) is 0. The molecule has 4 N–H and O–H groups in total. The van der Waals surface area contributed by atoms with Crippen molar-refractivity contribution in [2.24, 2.45) is 0 Å². The summed E-state index contributed by atoms with van der Waals surface area (Å²) in [6, 6.07) is 0. The SMILES string of the molecule is CCCCCCCCCCCCCC=CC(=O)C(O)C(O)CO.CCCCCCCCCCCCCCCC(=O)O. The lowest BCUT2D eigenvalue weighted by Crippen LogP contribution is -2.35. The largest absolute Gasteiger partial charge is 0.481 e. The normalized spacial score (nSPS) is 12.7. The number of carbonyl (C=O) groups is 2. The summed E-state index contributed by atoms with van der Waals surface area (Å²) in [6.07, 6.45) is 32.4. The van der Waals surface area contributed by atoms with Crippen molar-refractivity contribution >= 4 is 11.8 Å². The van der Waals surface area contributed by atoms with Gasteiger partial charge in [0, 0.05) is 6.42 Å². The number of allylic oxidation sites excluding steroid dienone is 1. The monoisotopic (exact) mass is 585 g/mol. The average Bonchev–Trinajstić information content (AvgIpc) is 2.97. The minimum Gasteiger partial charge on any atom is -0.481 e. The molecule has 2 unspecified atom stereocenters. The number of hydrogen-bond donors (Lipinski definition) is 4. The van der Waals surface area contributed by atoms with E-state index in [-0.39, 0.29) is 0 Å². The molecule has 0 aliphatic carbocycles. The Morgan fingerprint density at radius 2 is 0.902 bits per heavy atom. The molecule has 41 heavy (non-hydrogen) atoms. The molecule has 0 aliphatic rings. The van der Waals surface area contributed by atoms with E-state index in [0.717, 1.165) is 32.1 Å². The molecule has 0 fully saturated rings. The zero-order valence-electron chi connectivity index (χ0n) is 27.0. The maximum atomic E-state index is 11.4. The van der Waals surface area contributed by atoms with E-state index in [9.17, 15) is 14.7 Å². The number of carbonyl (C=O) groups excluding carboxylic acids is 1. The molecule has 2 atom stereocenters. The van der Waals surface area contributed by atoms with Gasteiger partial charge >= 0.3 is 5.97 Å². The van der Waals surface area contributed by atoms with Gasteiger partial charge in [-0.25, -0.2) is 0 Å². The number of aliphatic hydroxyl groups excluding tert-OH is 3. The minimum atomic E-state index is -1.52. The van der Waals surface area contributed by atoms with Crippen molar-refractivity contribution in [1.29, 1.82) is 0 Å². The van der Waals surface area contributed by atoms with E-state index in [0.29, 0.717) is 6.42 Å². The van der Waals surface area contributed by atoms with E-state index in [1.54, 1.807) is 6.08 Å². The molecule has 0 radical (unpaired) electrons. The molecule has 6 nitrogen and oxygen atoms in total. The molecular weight excluding hydrogens is 516 g/mol. The van der Waals surface area contributed by atoms with E-state index in [4.69, 9.17) is 15.3 Å². The molecule has 0 amide bonds. The molecular formula is C35H68O6. The standard InChI is InChI=1S/C19H36O4.C16H32O2/c1-2-3-4-5-6-7-8-9-10-11-12-13-14-15-17(21)19(23)18(22)16-20;1-2-3-4-5-6-7-8-9-10-11-12-13-14-15-16(17)18/h14-15,18-20,22-23H,2-13,16H2,1H3;2-15H2,1H3,(H,17,18). The van der Waals surface area contributed by atoms with Gasteiger partial charge in [0.2, 0.25) is 0 Å². The Hall–Kier alpha value is -1.24. The number of unbranched alkanes of at least 4 members (excludes halogenated alkanes) is 23. The van der Waals surface area contributed by atoms with Crippen molar-refractivity contribution in [2.75, 3.05) is 6.61 Å². The molecule has 0 spiro atoms. The van der Waals surface area contributed by atoms with Crippen LogP contribution in [0.2, 0.25) is 0 Å². The highest BCUT2D eigenvalue weighted by Crippen LogP contribution is 2.14. The third-order valence-electron chi connectivity index (χ3n) is 7.59. The Balaban J connectivity index is 0. The van der Waals surface area contributed by atoms with Crippen molar-refractivity contribution in [3.8, 4) is 0 Å². The van der Waals surface area contributed by atoms with Crippen LogP contribution in [-0.4, -0.2) is 51.0 Å². The Kier molecular flexibility index (Phi) is 35.7. The van der Waals surface area contributed by atoms with Crippen molar-refractivity contribution in [3.05, 3.63) is 12.2 Å². The van der Waals surface area contributed by atoms with Gasteiger partial charge < -0.3 is 20.4 Å². The van der Waals surface area contributed by atoms with E-state index < -0.39 is 30.6 Å². The Bertz CT molecular complexity index is 577. The fourth-order valence-electron chi connectivity index (χ4n) is 4.81. The second-order valence-electron chi connectivity index (χ2n) is 11.7. The van der Waals surface area contributed by atoms with Crippen LogP contribution in [0.1, 0.15) is 181 Å². The fraction of sp³-hybridized carbons (Fsp3) is 0.886. The molecule has 0 saturated heterocycles. The average molecular weight is 585 g/mol. The van der Waals surface area contributed by atoms with Crippen LogP contribution >= 0.6 is 0 Å². The lowest BCUT2D eigenvalue weighted by atomic mass is 10.0. The third kappa shape index (κ3) is 34.9. The Morgan fingerprint density at radius 1 is 0.561 bits per heavy atom. The predicted octanol–water partition coefficient (Wildman–Crippen LogP) is 9.08. The molecule has 0 saturated carbocycles. The number of aliphatic carboxylic acids is 1. The number of aliphatic hydroxyl groups is 3. The Morgan fingerprint density at radius 3 is 1.24 bits per heavy atom. The van der Waals surface area contributed by atoms with Gasteiger partial charge in [-0.05, 0) is 25.3 Å². The second-order valence-corrected chi connectivity index (χ2v) is 11.7. The summed E-state index contributed by atoms with van der Waals surface area (Å²) in [5, 5.41) is 35.7. The first-order chi connectivity index (χ1) is 19.9. The van der Waals surface area contributed by atoms with Gasteiger partial charge in [0.05, 0.1) is 6.61 Å². The van der Waals surface area contributed by atoms with Gasteiger partial charge in [-0.3, -0.25) is 9.59 Å². The predicted molar refractivity (Wildman–Crippen MR) is 172 cm³/mol. The maximum Gasteiger partial charge on any atom is 0.303 e. The van der Waals surface area contributed by atoms with Crippen LogP contribution in [0.5, 0.6) is 0 Å². The highest BCUT2D eigenvalue weighted by molar-refractivity contribution is 5.93. The highest BCUT2D eigenvalue weighted by Gasteiger charge is 2.20. The van der Waals surface area contributed by atoms with Crippen molar-refractivity contribution < 1.29 is 30.0 Å². The van der Waals surface area contributed by atoms with Gasteiger partial charge in [0.25, 0.3) is 0 Å². The van der Waals surface area contributed by atoms with E-state index in [2.05, 4.69) is 13.8 Å². The first-order valence-electron chi connectivity index (χ1n) is 17.3. The van der Waals surface area contributed by atoms with E-state index in [1.807, 2.05) is 0 Å². The van der Waals surface area contributed by atoms with Gasteiger partial charge in [0.15, 0.2) is 5.78 Å². The summed E-state index contributed by atoms with van der Waals surface area (Å²) in [4.78, 5) is 21.7. The number of ketones is 1. The Labute approximate surface area is 253 Å². The summed E-state index contributed by atoms with van der Waals surface area (Å²) < 4.78 is 0. The smallest absolute Gasteiger partial charge is 0.303 e. The van der Waals surface area contributed by atoms with Crippen molar-refractivity contribution in [2.45, 2.75) is 193 Å². The van der Waals surface area contributed by atoms with Gasteiger partial charge in [-0.2, -0.15) is 0 Å². The lowest BCUT2D eigenvalue weighted by Gasteiger charge is -2.11. The zero-order valence-corrected chi connectivity index (χ0v) is 27.0. The van der Waals surface area contributed by atoms with Gasteiger partial charge in [-0.1, -0.05) is 161 Å². The van der Waals surface area contributed by atoms with Crippen molar-refractivity contribution in [3.63, 3.8) is 0 Å². The van der Waals surface area contributed by atoms with Crippen LogP contribution in [0.3, 0.4) is 0 Å². The molecule has 0 aliphatic heterocycles. The molecule has 0 aromatic rings. The number of hydrogen-bond acceptors (Lipinski definition) is 5. The minimum absolute atomic E-state index is 0.345. The molecule has 0 aromatic carbocycles. The molecule has 244 valence electrons. The molecule has 0 aromatic heterocycles. The van der Waals surface area contributed by atoms with Crippen molar-refractivity contribution in [1.82, 2.24) is 0 Å². The number of rotatable bonds is 30. The third-order valence-corrected chi connectivity index (χ3v) is 7.59. The quantitative estimate of drug-likeness (QED) is 0.0494. The summed E-state index contributed by atoms with van der Waals surface area (Å²) in [6.45, 7) is 3.89. The number of carboxylic acids is 1. The van der Waals surface area contributed by atoms with Gasteiger partial charge in [-0.15, -0.1) is 0 Å². The zero-order chi connectivity index (χ0) is 30.8. The lowest BCUT2D eigenvalue weighted by molar-refractivity contribution is -0.137. The number of carboxylic acid groups (broad SMARTS) is 1. The van der Waals surface area contributed by atoms with E-state index >= 15 is 0 Å². The maximum absolute atomic E-state index is 11.4. The van der Waals surface area contributed by atoms with Gasteiger partial charge in [0.1, 0.15) is 12.2 Å². The van der Waals surface area contributed by atoms with E-state index in [1.165, 1.54) is 134 Å². The first kappa shape index (κ1) is 41.9.